The van der Waals surface area contributed by atoms with Gasteiger partial charge in [-0.2, -0.15) is 5.10 Å². The Morgan fingerprint density at radius 2 is 2.26 bits per heavy atom. The number of anilines is 1. The number of pyridine rings is 1. The van der Waals surface area contributed by atoms with Crippen molar-refractivity contribution in [3.8, 4) is 0 Å². The summed E-state index contributed by atoms with van der Waals surface area (Å²) >= 11 is 0. The first kappa shape index (κ1) is 13.1. The van der Waals surface area contributed by atoms with Crippen LogP contribution in [0, 0.1) is 0 Å². The molecule has 0 spiro atoms. The molecule has 2 aromatic rings. The van der Waals surface area contributed by atoms with E-state index in [9.17, 15) is 4.79 Å². The molecule has 0 aliphatic carbocycles. The van der Waals surface area contributed by atoms with Crippen LogP contribution in [0.4, 0.5) is 5.82 Å². The molecule has 0 bridgehead atoms. The first-order chi connectivity index (χ1) is 9.19. The number of carbonyl (C=O) groups is 1. The molecule has 0 atom stereocenters. The Hall–Kier alpha value is -2.37. The number of nitrogens with one attached hydrogen (secondary N) is 1. The van der Waals surface area contributed by atoms with Crippen molar-refractivity contribution in [1.82, 2.24) is 20.1 Å². The monoisotopic (exact) mass is 259 g/mol. The smallest absolute Gasteiger partial charge is 0.253 e. The van der Waals surface area contributed by atoms with E-state index in [2.05, 4.69) is 22.3 Å². The van der Waals surface area contributed by atoms with Gasteiger partial charge in [0.15, 0.2) is 0 Å². The van der Waals surface area contributed by atoms with Gasteiger partial charge in [0.05, 0.1) is 11.8 Å². The highest BCUT2D eigenvalue weighted by Crippen LogP contribution is 2.03. The van der Waals surface area contributed by atoms with Crippen molar-refractivity contribution in [1.29, 1.82) is 0 Å². The van der Waals surface area contributed by atoms with Gasteiger partial charge >= 0.3 is 0 Å². The number of hydrogen-bond donors (Lipinski definition) is 2. The second kappa shape index (κ2) is 5.99. The summed E-state index contributed by atoms with van der Waals surface area (Å²) in [5.41, 5.74) is 6.94. The fourth-order valence-electron chi connectivity index (χ4n) is 1.67. The highest BCUT2D eigenvalue weighted by atomic mass is 16.1. The number of amides is 1. The average molecular weight is 259 g/mol. The van der Waals surface area contributed by atoms with Crippen LogP contribution < -0.4 is 11.1 Å². The average Bonchev–Trinajstić information content (AvgIpc) is 2.85. The normalized spacial score (nSPS) is 10.4. The van der Waals surface area contributed by atoms with E-state index in [1.807, 2.05) is 10.9 Å². The van der Waals surface area contributed by atoms with E-state index in [1.165, 1.54) is 6.20 Å². The molecule has 1 amide bonds. The van der Waals surface area contributed by atoms with Crippen LogP contribution in [-0.4, -0.2) is 20.7 Å². The van der Waals surface area contributed by atoms with Crippen molar-refractivity contribution in [3.05, 3.63) is 41.9 Å². The van der Waals surface area contributed by atoms with Gasteiger partial charge < -0.3 is 11.1 Å². The Bertz CT molecular complexity index is 546. The van der Waals surface area contributed by atoms with E-state index in [1.54, 1.807) is 18.3 Å². The van der Waals surface area contributed by atoms with E-state index in [0.29, 0.717) is 17.9 Å². The molecule has 100 valence electrons. The molecule has 0 saturated heterocycles. The molecule has 0 saturated carbocycles. The highest BCUT2D eigenvalue weighted by Gasteiger charge is 2.06. The topological polar surface area (TPSA) is 85.8 Å². The summed E-state index contributed by atoms with van der Waals surface area (Å²) in [6.07, 6.45) is 6.19. The predicted molar refractivity (Wildman–Crippen MR) is 72.3 cm³/mol. The Morgan fingerprint density at radius 3 is 2.95 bits per heavy atom. The van der Waals surface area contributed by atoms with Gasteiger partial charge in [-0.15, -0.1) is 0 Å². The molecule has 0 aliphatic rings. The molecule has 6 nitrogen and oxygen atoms in total. The first-order valence-corrected chi connectivity index (χ1v) is 6.20. The van der Waals surface area contributed by atoms with Gasteiger partial charge in [-0.1, -0.05) is 6.92 Å². The van der Waals surface area contributed by atoms with Crippen molar-refractivity contribution in [2.45, 2.75) is 26.4 Å². The lowest BCUT2D eigenvalue weighted by atomic mass is 10.2. The Balaban J connectivity index is 1.90. The van der Waals surface area contributed by atoms with Crippen LogP contribution in [0.1, 0.15) is 29.3 Å². The van der Waals surface area contributed by atoms with Crippen LogP contribution in [0.5, 0.6) is 0 Å². The zero-order valence-corrected chi connectivity index (χ0v) is 10.8. The summed E-state index contributed by atoms with van der Waals surface area (Å²) in [6, 6.07) is 3.26. The lowest BCUT2D eigenvalue weighted by molar-refractivity contribution is 0.0950. The Morgan fingerprint density at radius 1 is 1.42 bits per heavy atom. The van der Waals surface area contributed by atoms with Gasteiger partial charge in [-0.3, -0.25) is 9.48 Å². The van der Waals surface area contributed by atoms with E-state index in [0.717, 1.165) is 18.5 Å². The van der Waals surface area contributed by atoms with Gasteiger partial charge in [0.25, 0.3) is 5.91 Å². The summed E-state index contributed by atoms with van der Waals surface area (Å²) in [5, 5.41) is 7.02. The van der Waals surface area contributed by atoms with E-state index < -0.39 is 0 Å². The third-order valence-corrected chi connectivity index (χ3v) is 2.64. The lowest BCUT2D eigenvalue weighted by Crippen LogP contribution is -2.22. The molecule has 2 aromatic heterocycles. The number of nitrogens with zero attached hydrogens (tertiary/aromatic N) is 3. The SMILES string of the molecule is CCCn1cc(CNC(=O)c2ccc(N)nc2)cn1. The quantitative estimate of drug-likeness (QED) is 0.844. The molecular formula is C13H17N5O. The second-order valence-corrected chi connectivity index (χ2v) is 4.27. The second-order valence-electron chi connectivity index (χ2n) is 4.27. The molecule has 6 heteroatoms. The highest BCUT2D eigenvalue weighted by molar-refractivity contribution is 5.93. The molecule has 0 aliphatic heterocycles. The minimum absolute atomic E-state index is 0.171. The van der Waals surface area contributed by atoms with Gasteiger partial charge in [-0.25, -0.2) is 4.98 Å². The molecule has 2 heterocycles. The molecule has 0 unspecified atom stereocenters. The van der Waals surface area contributed by atoms with E-state index >= 15 is 0 Å². The maximum atomic E-state index is 11.8. The van der Waals surface area contributed by atoms with Crippen molar-refractivity contribution >= 4 is 11.7 Å². The fraction of sp³-hybridized carbons (Fsp3) is 0.308. The van der Waals surface area contributed by atoms with Gasteiger partial charge in [0.2, 0.25) is 0 Å². The molecular weight excluding hydrogens is 242 g/mol. The van der Waals surface area contributed by atoms with Crippen LogP contribution in [0.2, 0.25) is 0 Å². The summed E-state index contributed by atoms with van der Waals surface area (Å²) in [6.45, 7) is 3.43. The number of aromatic nitrogens is 3. The summed E-state index contributed by atoms with van der Waals surface area (Å²) < 4.78 is 1.87. The van der Waals surface area contributed by atoms with Crippen LogP contribution >= 0.6 is 0 Å². The molecule has 2 rings (SSSR count). The van der Waals surface area contributed by atoms with Crippen molar-refractivity contribution < 1.29 is 4.79 Å². The zero-order valence-electron chi connectivity index (χ0n) is 10.8. The number of aryl methyl sites for hydroxylation is 1. The van der Waals surface area contributed by atoms with Gasteiger partial charge in [-0.05, 0) is 18.6 Å². The molecule has 0 fully saturated rings. The lowest BCUT2D eigenvalue weighted by Gasteiger charge is -2.03. The maximum absolute atomic E-state index is 11.8. The van der Waals surface area contributed by atoms with Crippen LogP contribution in [-0.2, 0) is 13.1 Å². The third-order valence-electron chi connectivity index (χ3n) is 2.64. The zero-order chi connectivity index (χ0) is 13.7. The van der Waals surface area contributed by atoms with E-state index in [-0.39, 0.29) is 5.91 Å². The minimum atomic E-state index is -0.171. The standard InChI is InChI=1S/C13H17N5O/c1-2-5-18-9-10(7-17-18)6-16-13(19)11-3-4-12(14)15-8-11/h3-4,7-9H,2,5-6H2,1H3,(H2,14,15)(H,16,19). The van der Waals surface area contributed by atoms with Gasteiger partial charge in [0, 0.05) is 31.0 Å². The molecule has 0 radical (unpaired) electrons. The van der Waals surface area contributed by atoms with Crippen LogP contribution in [0.3, 0.4) is 0 Å². The van der Waals surface area contributed by atoms with Crippen LogP contribution in [0.15, 0.2) is 30.7 Å². The number of rotatable bonds is 5. The Kier molecular flexibility index (Phi) is 4.12. The summed E-state index contributed by atoms with van der Waals surface area (Å²) in [5.74, 6) is 0.230. The third kappa shape index (κ3) is 3.54. The van der Waals surface area contributed by atoms with Gasteiger partial charge in [0.1, 0.15) is 5.82 Å². The minimum Gasteiger partial charge on any atom is -0.384 e. The van der Waals surface area contributed by atoms with Crippen molar-refractivity contribution in [2.24, 2.45) is 0 Å². The predicted octanol–water partition coefficient (Wildman–Crippen LogP) is 1.20. The fourth-order valence-corrected chi connectivity index (χ4v) is 1.67. The van der Waals surface area contributed by atoms with Crippen molar-refractivity contribution in [3.63, 3.8) is 0 Å². The van der Waals surface area contributed by atoms with Crippen molar-refractivity contribution in [2.75, 3.05) is 5.73 Å². The summed E-state index contributed by atoms with van der Waals surface area (Å²) in [7, 11) is 0. The molecule has 3 N–H and O–H groups in total. The number of nitrogens with two attached hydrogens (primary N) is 1. The number of nitrogen functional groups attached to an aromatic ring is 1. The largest absolute Gasteiger partial charge is 0.384 e. The first-order valence-electron chi connectivity index (χ1n) is 6.20. The Labute approximate surface area is 111 Å². The molecule has 19 heavy (non-hydrogen) atoms. The van der Waals surface area contributed by atoms with Crippen LogP contribution in [0.25, 0.3) is 0 Å². The number of carbonyl (C=O) groups excluding carboxylic acids is 1. The molecule has 0 aromatic carbocycles. The van der Waals surface area contributed by atoms with E-state index in [4.69, 9.17) is 5.73 Å². The number of hydrogen-bond acceptors (Lipinski definition) is 4. The summed E-state index contributed by atoms with van der Waals surface area (Å²) in [4.78, 5) is 15.7. The maximum Gasteiger partial charge on any atom is 0.253 e.